The number of methoxy groups -OCH3 is 1. The van der Waals surface area contributed by atoms with E-state index in [9.17, 15) is 65.9 Å². The maximum absolute atomic E-state index is 13.4. The van der Waals surface area contributed by atoms with Crippen LogP contribution < -0.4 is 0 Å². The van der Waals surface area contributed by atoms with Crippen LogP contribution in [0, 0.1) is 0 Å². The van der Waals surface area contributed by atoms with E-state index in [-0.39, 0.29) is 0 Å². The van der Waals surface area contributed by atoms with Crippen LogP contribution in [0.15, 0.2) is 0 Å². The van der Waals surface area contributed by atoms with E-state index in [4.69, 9.17) is 0 Å². The predicted octanol–water partition coefficient (Wildman–Crippen LogP) is 5.12. The summed E-state index contributed by atoms with van der Waals surface area (Å²) in [7, 11) is 0.744. The topological polar surface area (TPSA) is 21.8 Å². The zero-order valence-corrected chi connectivity index (χ0v) is 12.8. The maximum Gasteiger partial charge on any atom is 0.438 e. The second-order valence-electron chi connectivity index (χ2n) is 5.56. The highest BCUT2D eigenvalue weighted by Crippen LogP contribution is 2.64. The fourth-order valence-corrected chi connectivity index (χ4v) is 2.02. The first kappa shape index (κ1) is 24.9. The lowest BCUT2D eigenvalue weighted by Gasteiger charge is -2.43. The third-order valence-corrected chi connectivity index (χ3v) is 3.69. The van der Waals surface area contributed by atoms with Gasteiger partial charge in [0.15, 0.2) is 6.29 Å². The zero-order valence-electron chi connectivity index (χ0n) is 12.8. The number of alkyl halides is 15. The Kier molecular flexibility index (Phi) is 5.72. The molecule has 0 aromatic heterocycles. The van der Waals surface area contributed by atoms with Crippen LogP contribution in [0.25, 0.3) is 0 Å². The molecule has 0 N–H and O–H groups in total. The number of hydrogen-bond acceptors (Lipinski definition) is 2. The highest BCUT2D eigenvalue weighted by Gasteiger charge is 2.95. The molecule has 0 amide bonds. The van der Waals surface area contributed by atoms with Crippen LogP contribution in [-0.2, 0) is 9.47 Å². The molecular formula is C11H7F15O2. The first-order valence-electron chi connectivity index (χ1n) is 6.55. The number of rotatable bonds is 7. The average molecular weight is 456 g/mol. The fourth-order valence-electron chi connectivity index (χ4n) is 2.02. The van der Waals surface area contributed by atoms with E-state index < -0.39 is 60.5 Å². The molecule has 28 heavy (non-hydrogen) atoms. The van der Waals surface area contributed by atoms with Gasteiger partial charge in [-0.25, -0.2) is 4.39 Å². The molecule has 1 aliphatic heterocycles. The van der Waals surface area contributed by atoms with Crippen LogP contribution in [0.2, 0.25) is 0 Å². The molecule has 0 bridgehead atoms. The summed E-state index contributed by atoms with van der Waals surface area (Å²) in [5.74, 6) is -30.5. The summed E-state index contributed by atoms with van der Waals surface area (Å²) in [5.41, 5.74) is -8.28. The van der Waals surface area contributed by atoms with E-state index in [2.05, 4.69) is 9.47 Å². The largest absolute Gasteiger partial charge is 0.438 e. The third kappa shape index (κ3) is 3.27. The quantitative estimate of drug-likeness (QED) is 0.392. The highest BCUT2D eigenvalue weighted by atomic mass is 19.4. The lowest BCUT2D eigenvalue weighted by atomic mass is 9.85. The van der Waals surface area contributed by atoms with E-state index in [1.807, 2.05) is 0 Å². The Morgan fingerprint density at radius 3 is 1.32 bits per heavy atom. The van der Waals surface area contributed by atoms with Crippen LogP contribution >= 0.6 is 0 Å². The van der Waals surface area contributed by atoms with Gasteiger partial charge in [0.1, 0.15) is 6.10 Å². The van der Waals surface area contributed by atoms with Gasteiger partial charge in [-0.1, -0.05) is 0 Å². The molecule has 2 unspecified atom stereocenters. The van der Waals surface area contributed by atoms with E-state index in [0.29, 0.717) is 0 Å². The number of hydrogen-bond donors (Lipinski definition) is 0. The normalized spacial score (nSPS) is 23.1. The zero-order chi connectivity index (χ0) is 22.8. The molecule has 0 aromatic carbocycles. The molecule has 0 aromatic rings. The molecule has 1 saturated heterocycles. The van der Waals surface area contributed by atoms with Gasteiger partial charge in [0.25, 0.3) is 0 Å². The lowest BCUT2D eigenvalue weighted by molar-refractivity contribution is -0.457. The van der Waals surface area contributed by atoms with Crippen molar-refractivity contribution in [3.63, 3.8) is 0 Å². The van der Waals surface area contributed by atoms with Gasteiger partial charge in [-0.15, -0.1) is 0 Å². The minimum atomic E-state index is -8.39. The molecule has 1 fully saturated rings. The Labute approximate surface area is 144 Å². The summed E-state index contributed by atoms with van der Waals surface area (Å²) in [6, 6.07) is 0. The summed E-state index contributed by atoms with van der Waals surface area (Å²) in [6.45, 7) is 0. The SMILES string of the molecule is COC1OC1CC(F)(F)C(F)(F)C(F)(F)C(F)(F)C(F)(C(F)(F)F)C(F)(F)F. The van der Waals surface area contributed by atoms with Crippen molar-refractivity contribution in [3.05, 3.63) is 0 Å². The number of ether oxygens (including phenoxy) is 2. The van der Waals surface area contributed by atoms with Crippen LogP contribution in [0.3, 0.4) is 0 Å². The second kappa shape index (κ2) is 6.43. The van der Waals surface area contributed by atoms with Crippen molar-refractivity contribution >= 4 is 0 Å². The standard InChI is InChI=1S/C11H7F15O2/c1-27-4-3(28-4)2-5(12,13)7(15,16)9(19,20)8(17,18)6(14,10(21,22)23)11(24,25)26/h3-4H,2H2,1H3. The van der Waals surface area contributed by atoms with Crippen molar-refractivity contribution in [2.24, 2.45) is 0 Å². The molecule has 1 aliphatic rings. The summed E-state index contributed by atoms with van der Waals surface area (Å²) >= 11 is 0. The van der Waals surface area contributed by atoms with Gasteiger partial charge in [0.05, 0.1) is 0 Å². The fraction of sp³-hybridized carbons (Fsp3) is 1.00. The Bertz CT molecular complexity index is 564. The van der Waals surface area contributed by atoms with Crippen molar-refractivity contribution in [1.29, 1.82) is 0 Å². The van der Waals surface area contributed by atoms with Gasteiger partial charge in [-0.2, -0.15) is 61.5 Å². The highest BCUT2D eigenvalue weighted by molar-refractivity contribution is 5.16. The van der Waals surface area contributed by atoms with Gasteiger partial charge in [0.2, 0.25) is 0 Å². The summed E-state index contributed by atoms with van der Waals surface area (Å²) in [4.78, 5) is 0. The van der Waals surface area contributed by atoms with Crippen LogP contribution in [-0.4, -0.2) is 61.2 Å². The van der Waals surface area contributed by atoms with Gasteiger partial charge in [-0.05, 0) is 0 Å². The monoisotopic (exact) mass is 456 g/mol. The second-order valence-corrected chi connectivity index (χ2v) is 5.56. The first-order valence-corrected chi connectivity index (χ1v) is 6.55. The molecule has 0 saturated carbocycles. The Hall–Kier alpha value is -1.13. The summed E-state index contributed by atoms with van der Waals surface area (Å²) in [5, 5.41) is 0. The minimum Gasteiger partial charge on any atom is -0.353 e. The predicted molar refractivity (Wildman–Crippen MR) is 56.0 cm³/mol. The van der Waals surface area contributed by atoms with Crippen LogP contribution in [0.1, 0.15) is 6.42 Å². The Morgan fingerprint density at radius 1 is 0.643 bits per heavy atom. The maximum atomic E-state index is 13.4. The minimum absolute atomic E-state index is 0.744. The number of halogens is 15. The molecule has 2 nitrogen and oxygen atoms in total. The Morgan fingerprint density at radius 2 is 1.04 bits per heavy atom. The van der Waals surface area contributed by atoms with Crippen molar-refractivity contribution in [1.82, 2.24) is 0 Å². The molecule has 0 spiro atoms. The lowest BCUT2D eigenvalue weighted by Crippen LogP contribution is -2.75. The molecule has 0 radical (unpaired) electrons. The molecule has 1 rings (SSSR count). The van der Waals surface area contributed by atoms with Crippen LogP contribution in [0.4, 0.5) is 65.9 Å². The van der Waals surface area contributed by atoms with Crippen molar-refractivity contribution < 1.29 is 75.3 Å². The number of epoxide rings is 1. The molecule has 2 atom stereocenters. The molecule has 17 heteroatoms. The van der Waals surface area contributed by atoms with Crippen molar-refractivity contribution in [2.75, 3.05) is 7.11 Å². The van der Waals surface area contributed by atoms with Crippen LogP contribution in [0.5, 0.6) is 0 Å². The molecule has 1 heterocycles. The summed E-state index contributed by atoms with van der Waals surface area (Å²) < 4.78 is 202. The smallest absolute Gasteiger partial charge is 0.353 e. The van der Waals surface area contributed by atoms with Gasteiger partial charge < -0.3 is 9.47 Å². The Balaban J connectivity index is 3.47. The van der Waals surface area contributed by atoms with Gasteiger partial charge in [-0.3, -0.25) is 0 Å². The average Bonchev–Trinajstić information content (AvgIpc) is 3.20. The van der Waals surface area contributed by atoms with Gasteiger partial charge in [0, 0.05) is 13.5 Å². The first-order chi connectivity index (χ1) is 12.0. The van der Waals surface area contributed by atoms with E-state index >= 15 is 0 Å². The van der Waals surface area contributed by atoms with Gasteiger partial charge >= 0.3 is 41.7 Å². The third-order valence-electron chi connectivity index (χ3n) is 3.69. The van der Waals surface area contributed by atoms with Crippen molar-refractivity contribution in [2.45, 2.75) is 60.5 Å². The summed E-state index contributed by atoms with van der Waals surface area (Å²) in [6.07, 6.45) is -22.2. The van der Waals surface area contributed by atoms with E-state index in [1.165, 1.54) is 0 Å². The van der Waals surface area contributed by atoms with E-state index in [1.54, 1.807) is 0 Å². The molecule has 0 aliphatic carbocycles. The molecule has 168 valence electrons. The molecular weight excluding hydrogens is 449 g/mol. The van der Waals surface area contributed by atoms with Crippen molar-refractivity contribution in [3.8, 4) is 0 Å². The van der Waals surface area contributed by atoms with E-state index in [0.717, 1.165) is 7.11 Å².